The van der Waals surface area contributed by atoms with Gasteiger partial charge < -0.3 is 31.6 Å². The van der Waals surface area contributed by atoms with E-state index >= 15 is 0 Å². The van der Waals surface area contributed by atoms with Gasteiger partial charge in [0.05, 0.1) is 6.61 Å². The average Bonchev–Trinajstić information content (AvgIpc) is 3.07. The summed E-state index contributed by atoms with van der Waals surface area (Å²) in [6.45, 7) is -0.582. The first-order chi connectivity index (χ1) is 12.9. The van der Waals surface area contributed by atoms with Gasteiger partial charge in [0.1, 0.15) is 18.1 Å². The van der Waals surface area contributed by atoms with Gasteiger partial charge in [-0.25, -0.2) is 4.79 Å². The van der Waals surface area contributed by atoms with Gasteiger partial charge in [0.15, 0.2) is 0 Å². The number of rotatable bonds is 9. The van der Waals surface area contributed by atoms with E-state index in [1.165, 1.54) is 0 Å². The van der Waals surface area contributed by atoms with Crippen molar-refractivity contribution in [3.63, 3.8) is 0 Å². The van der Waals surface area contributed by atoms with Crippen LogP contribution in [0, 0.1) is 0 Å². The molecular formula is C17H22N4O5S. The first kappa shape index (κ1) is 20.7. The predicted octanol–water partition coefficient (Wildman–Crippen LogP) is -0.986. The molecule has 0 aliphatic rings. The molecule has 1 heterocycles. The normalized spacial score (nSPS) is 14.3. The lowest BCUT2D eigenvalue weighted by molar-refractivity contribution is -0.141. The molecule has 10 heteroatoms. The van der Waals surface area contributed by atoms with Crippen LogP contribution in [0.5, 0.6) is 0 Å². The second-order valence-electron chi connectivity index (χ2n) is 6.00. The first-order valence-corrected chi connectivity index (χ1v) is 8.86. The first-order valence-electron chi connectivity index (χ1n) is 8.23. The summed E-state index contributed by atoms with van der Waals surface area (Å²) in [5.41, 5.74) is 7.13. The van der Waals surface area contributed by atoms with E-state index in [-0.39, 0.29) is 12.2 Å². The fraction of sp³-hybridized carbons (Fsp3) is 0.353. The maximum atomic E-state index is 12.6. The molecule has 0 aliphatic heterocycles. The van der Waals surface area contributed by atoms with Gasteiger partial charge in [-0.15, -0.1) is 0 Å². The van der Waals surface area contributed by atoms with Gasteiger partial charge in [-0.2, -0.15) is 12.6 Å². The maximum Gasteiger partial charge on any atom is 0.327 e. The van der Waals surface area contributed by atoms with Crippen molar-refractivity contribution in [3.8, 4) is 0 Å². The molecule has 1 aromatic heterocycles. The van der Waals surface area contributed by atoms with E-state index in [0.29, 0.717) is 0 Å². The highest BCUT2D eigenvalue weighted by Gasteiger charge is 2.28. The number of para-hydroxylation sites is 1. The largest absolute Gasteiger partial charge is 0.480 e. The lowest BCUT2D eigenvalue weighted by atomic mass is 10.0. The standard InChI is InChI=1S/C17H22N4O5S/c18-11(7-22)15(23)20-13(16(24)21-14(8-27)17(25)26)5-9-6-19-12-4-2-1-3-10(9)12/h1-4,6,11,13-14,19,22,27H,5,7-8,18H2,(H,20,23)(H,21,24)(H,25,26). The van der Waals surface area contributed by atoms with Gasteiger partial charge >= 0.3 is 5.97 Å². The zero-order valence-electron chi connectivity index (χ0n) is 14.4. The lowest BCUT2D eigenvalue weighted by Gasteiger charge is -2.22. The van der Waals surface area contributed by atoms with Crippen molar-refractivity contribution in [2.24, 2.45) is 5.73 Å². The van der Waals surface area contributed by atoms with Crippen LogP contribution in [-0.2, 0) is 20.8 Å². The third-order valence-electron chi connectivity index (χ3n) is 4.06. The number of hydrogen-bond donors (Lipinski definition) is 7. The molecule has 7 N–H and O–H groups in total. The summed E-state index contributed by atoms with van der Waals surface area (Å²) in [7, 11) is 0. The number of carbonyl (C=O) groups excluding carboxylic acids is 2. The van der Waals surface area contributed by atoms with Crippen LogP contribution in [0.15, 0.2) is 30.5 Å². The summed E-state index contributed by atoms with van der Waals surface area (Å²) in [5.74, 6) is -2.73. The Hall–Kier alpha value is -2.56. The van der Waals surface area contributed by atoms with Crippen LogP contribution in [0.2, 0.25) is 0 Å². The van der Waals surface area contributed by atoms with Crippen molar-refractivity contribution in [2.45, 2.75) is 24.5 Å². The van der Waals surface area contributed by atoms with E-state index in [1.807, 2.05) is 24.3 Å². The molecule has 146 valence electrons. The number of aliphatic carboxylic acids is 1. The van der Waals surface area contributed by atoms with E-state index in [1.54, 1.807) is 6.20 Å². The second kappa shape index (κ2) is 9.40. The number of hydrogen-bond acceptors (Lipinski definition) is 6. The van der Waals surface area contributed by atoms with E-state index in [2.05, 4.69) is 28.2 Å². The Morgan fingerprint density at radius 2 is 1.81 bits per heavy atom. The molecule has 0 saturated heterocycles. The molecule has 0 spiro atoms. The van der Waals surface area contributed by atoms with Crippen molar-refractivity contribution in [1.82, 2.24) is 15.6 Å². The number of thiol groups is 1. The molecule has 0 saturated carbocycles. The van der Waals surface area contributed by atoms with Gasteiger partial charge in [-0.05, 0) is 11.6 Å². The number of aliphatic hydroxyl groups is 1. The van der Waals surface area contributed by atoms with Gasteiger partial charge in [0.2, 0.25) is 11.8 Å². The molecule has 0 aliphatic carbocycles. The molecule has 0 radical (unpaired) electrons. The van der Waals surface area contributed by atoms with E-state index in [9.17, 15) is 14.4 Å². The van der Waals surface area contributed by atoms with Gasteiger partial charge in [-0.1, -0.05) is 18.2 Å². The van der Waals surface area contributed by atoms with Crippen molar-refractivity contribution < 1.29 is 24.6 Å². The van der Waals surface area contributed by atoms with E-state index < -0.39 is 42.5 Å². The highest BCUT2D eigenvalue weighted by atomic mass is 32.1. The van der Waals surface area contributed by atoms with Gasteiger partial charge in [-0.3, -0.25) is 9.59 Å². The van der Waals surface area contributed by atoms with E-state index in [0.717, 1.165) is 16.5 Å². The third-order valence-corrected chi connectivity index (χ3v) is 4.43. The second-order valence-corrected chi connectivity index (χ2v) is 6.36. The fourth-order valence-corrected chi connectivity index (χ4v) is 2.80. The zero-order valence-corrected chi connectivity index (χ0v) is 15.3. The monoisotopic (exact) mass is 394 g/mol. The molecule has 1 aromatic carbocycles. The predicted molar refractivity (Wildman–Crippen MR) is 102 cm³/mol. The summed E-state index contributed by atoms with van der Waals surface area (Å²) in [5, 5.41) is 23.8. The Balaban J connectivity index is 2.24. The van der Waals surface area contributed by atoms with Crippen LogP contribution in [0.3, 0.4) is 0 Å². The van der Waals surface area contributed by atoms with Crippen molar-refractivity contribution >= 4 is 41.3 Å². The molecule has 9 nitrogen and oxygen atoms in total. The highest BCUT2D eigenvalue weighted by Crippen LogP contribution is 2.19. The Labute approximate surface area is 160 Å². The van der Waals surface area contributed by atoms with Crippen LogP contribution in [-0.4, -0.2) is 63.5 Å². The zero-order chi connectivity index (χ0) is 20.0. The summed E-state index contributed by atoms with van der Waals surface area (Å²) in [6.07, 6.45) is 1.83. The Morgan fingerprint density at radius 1 is 1.15 bits per heavy atom. The van der Waals surface area contributed by atoms with Gasteiger partial charge in [0, 0.05) is 29.3 Å². The maximum absolute atomic E-state index is 12.6. The summed E-state index contributed by atoms with van der Waals surface area (Å²) >= 11 is 3.91. The molecule has 2 amide bonds. The number of carboxylic acid groups (broad SMARTS) is 1. The molecule has 3 atom stereocenters. The number of aliphatic hydroxyl groups excluding tert-OH is 1. The number of fused-ring (bicyclic) bond motifs is 1. The Kier molecular flexibility index (Phi) is 7.22. The smallest absolute Gasteiger partial charge is 0.327 e. The summed E-state index contributed by atoms with van der Waals surface area (Å²) in [6, 6.07) is 3.98. The molecule has 27 heavy (non-hydrogen) atoms. The number of aromatic amines is 1. The highest BCUT2D eigenvalue weighted by molar-refractivity contribution is 7.80. The van der Waals surface area contributed by atoms with Crippen LogP contribution < -0.4 is 16.4 Å². The van der Waals surface area contributed by atoms with Crippen LogP contribution in [0.25, 0.3) is 10.9 Å². The number of H-pyrrole nitrogens is 1. The minimum atomic E-state index is -1.23. The molecule has 2 rings (SSSR count). The van der Waals surface area contributed by atoms with Crippen LogP contribution in [0.1, 0.15) is 5.56 Å². The van der Waals surface area contributed by atoms with E-state index in [4.69, 9.17) is 15.9 Å². The van der Waals surface area contributed by atoms with Crippen LogP contribution >= 0.6 is 12.6 Å². The van der Waals surface area contributed by atoms with Crippen molar-refractivity contribution in [1.29, 1.82) is 0 Å². The Bertz CT molecular complexity index is 825. The minimum absolute atomic E-state index is 0.106. The van der Waals surface area contributed by atoms with Crippen molar-refractivity contribution in [3.05, 3.63) is 36.0 Å². The minimum Gasteiger partial charge on any atom is -0.480 e. The molecular weight excluding hydrogens is 372 g/mol. The third kappa shape index (κ3) is 5.22. The van der Waals surface area contributed by atoms with Gasteiger partial charge in [0.25, 0.3) is 0 Å². The number of amides is 2. The molecule has 0 bridgehead atoms. The SMILES string of the molecule is NC(CO)C(=O)NC(Cc1c[nH]c2ccccc12)C(=O)NC(CS)C(=O)O. The summed E-state index contributed by atoms with van der Waals surface area (Å²) in [4.78, 5) is 38.9. The Morgan fingerprint density at radius 3 is 2.44 bits per heavy atom. The molecule has 3 unspecified atom stereocenters. The number of benzene rings is 1. The number of nitrogens with two attached hydrogens (primary N) is 1. The quantitative estimate of drug-likeness (QED) is 0.271. The number of carbonyl (C=O) groups is 3. The number of aromatic nitrogens is 1. The molecule has 0 fully saturated rings. The molecule has 2 aromatic rings. The average molecular weight is 394 g/mol. The fourth-order valence-electron chi connectivity index (χ4n) is 2.55. The number of carboxylic acids is 1. The summed E-state index contributed by atoms with van der Waals surface area (Å²) < 4.78 is 0. The topological polar surface area (TPSA) is 158 Å². The number of nitrogens with one attached hydrogen (secondary N) is 3. The lowest BCUT2D eigenvalue weighted by Crippen LogP contribution is -2.56. The van der Waals surface area contributed by atoms with Crippen molar-refractivity contribution in [2.75, 3.05) is 12.4 Å². The van der Waals surface area contributed by atoms with Crippen LogP contribution in [0.4, 0.5) is 0 Å².